The van der Waals surface area contributed by atoms with Crippen LogP contribution in [-0.2, 0) is 9.59 Å². The van der Waals surface area contributed by atoms with Crippen LogP contribution in [0.4, 0.5) is 5.69 Å². The van der Waals surface area contributed by atoms with Crippen molar-refractivity contribution in [1.29, 1.82) is 0 Å². The Hall–Kier alpha value is -1.90. The summed E-state index contributed by atoms with van der Waals surface area (Å²) in [7, 11) is 0. The van der Waals surface area contributed by atoms with Crippen LogP contribution >= 0.6 is 0 Å². The lowest BCUT2D eigenvalue weighted by atomic mass is 10.3. The van der Waals surface area contributed by atoms with E-state index >= 15 is 0 Å². The van der Waals surface area contributed by atoms with E-state index < -0.39 is 0 Å². The van der Waals surface area contributed by atoms with E-state index in [2.05, 4.69) is 0 Å². The third-order valence-corrected chi connectivity index (χ3v) is 1.69. The van der Waals surface area contributed by atoms with E-state index in [1.54, 1.807) is 12.1 Å². The second-order valence-corrected chi connectivity index (χ2v) is 2.70. The Morgan fingerprint density at radius 2 is 1.93 bits per heavy atom. The molecule has 0 saturated heterocycles. The molecule has 0 N–H and O–H groups in total. The fourth-order valence-corrected chi connectivity index (χ4v) is 1.08. The molecule has 0 spiro atoms. The predicted molar refractivity (Wildman–Crippen MR) is 54.8 cm³/mol. The fraction of sp³-hybridized carbons (Fsp3) is 0.0909. The van der Waals surface area contributed by atoms with Crippen LogP contribution in [0.15, 0.2) is 42.6 Å². The van der Waals surface area contributed by atoms with Crippen LogP contribution in [0.1, 0.15) is 6.92 Å². The summed E-state index contributed by atoms with van der Waals surface area (Å²) in [6.45, 7) is 1.45. The molecular weight excluding hydrogens is 178 g/mol. The Morgan fingerprint density at radius 1 is 1.29 bits per heavy atom. The van der Waals surface area contributed by atoms with E-state index in [4.69, 9.17) is 0 Å². The highest BCUT2D eigenvalue weighted by atomic mass is 16.2. The maximum absolute atomic E-state index is 11.2. The lowest BCUT2D eigenvalue weighted by molar-refractivity contribution is -0.116. The minimum Gasteiger partial charge on any atom is -0.299 e. The molecule has 0 aliphatic carbocycles. The van der Waals surface area contributed by atoms with Crippen LogP contribution in [0.3, 0.4) is 0 Å². The molecule has 0 aliphatic heterocycles. The molecule has 0 unspecified atom stereocenters. The highest BCUT2D eigenvalue weighted by Crippen LogP contribution is 2.13. The van der Waals surface area contributed by atoms with Gasteiger partial charge in [0.1, 0.15) is 6.29 Å². The van der Waals surface area contributed by atoms with Gasteiger partial charge in [0.05, 0.1) is 0 Å². The molecule has 0 atom stereocenters. The van der Waals surface area contributed by atoms with Crippen LogP contribution in [0, 0.1) is 0 Å². The average molecular weight is 189 g/mol. The number of benzene rings is 1. The van der Waals surface area contributed by atoms with E-state index in [1.165, 1.54) is 24.1 Å². The molecule has 0 saturated carbocycles. The van der Waals surface area contributed by atoms with Crippen molar-refractivity contribution < 1.29 is 9.59 Å². The normalized spacial score (nSPS) is 10.1. The number of amides is 1. The first-order valence-corrected chi connectivity index (χ1v) is 4.22. The van der Waals surface area contributed by atoms with Crippen molar-refractivity contribution in [3.05, 3.63) is 42.6 Å². The first-order chi connectivity index (χ1) is 6.75. The van der Waals surface area contributed by atoms with Gasteiger partial charge in [-0.25, -0.2) is 0 Å². The number of hydrogen-bond acceptors (Lipinski definition) is 2. The van der Waals surface area contributed by atoms with Crippen LogP contribution in [0.2, 0.25) is 0 Å². The van der Waals surface area contributed by atoms with Crippen molar-refractivity contribution in [3.8, 4) is 0 Å². The molecule has 0 heterocycles. The standard InChI is InChI=1S/C11H11NO2/c1-10(14)12(8-5-9-13)11-6-3-2-4-7-11/h2-9H,1H3/b8-5+. The topological polar surface area (TPSA) is 37.4 Å². The Labute approximate surface area is 82.6 Å². The third-order valence-electron chi connectivity index (χ3n) is 1.69. The van der Waals surface area contributed by atoms with E-state index in [-0.39, 0.29) is 5.91 Å². The molecule has 0 radical (unpaired) electrons. The summed E-state index contributed by atoms with van der Waals surface area (Å²) in [6, 6.07) is 9.14. The van der Waals surface area contributed by atoms with Gasteiger partial charge in [0.15, 0.2) is 0 Å². The number of anilines is 1. The van der Waals surface area contributed by atoms with Crippen molar-refractivity contribution >= 4 is 17.9 Å². The second-order valence-electron chi connectivity index (χ2n) is 2.70. The minimum absolute atomic E-state index is 0.130. The summed E-state index contributed by atoms with van der Waals surface area (Å²) >= 11 is 0. The number of nitrogens with zero attached hydrogens (tertiary/aromatic N) is 1. The number of aldehydes is 1. The molecule has 0 fully saturated rings. The van der Waals surface area contributed by atoms with Gasteiger partial charge in [-0.1, -0.05) is 18.2 Å². The number of carbonyl (C=O) groups is 2. The zero-order valence-corrected chi connectivity index (χ0v) is 7.88. The van der Waals surface area contributed by atoms with Gasteiger partial charge >= 0.3 is 0 Å². The summed E-state index contributed by atoms with van der Waals surface area (Å²) in [5.41, 5.74) is 0.748. The highest BCUT2D eigenvalue weighted by Gasteiger charge is 2.05. The molecule has 1 amide bonds. The van der Waals surface area contributed by atoms with Gasteiger partial charge in [-0.15, -0.1) is 0 Å². The molecule has 3 heteroatoms. The molecule has 0 aliphatic rings. The summed E-state index contributed by atoms with van der Waals surface area (Å²) in [4.78, 5) is 22.8. The fourth-order valence-electron chi connectivity index (χ4n) is 1.08. The quantitative estimate of drug-likeness (QED) is 0.536. The van der Waals surface area contributed by atoms with Crippen LogP contribution < -0.4 is 4.90 Å². The summed E-state index contributed by atoms with van der Waals surface area (Å²) in [5, 5.41) is 0. The molecule has 0 aromatic heterocycles. The van der Waals surface area contributed by atoms with Gasteiger partial charge in [0, 0.05) is 18.8 Å². The van der Waals surface area contributed by atoms with Gasteiger partial charge < -0.3 is 0 Å². The zero-order chi connectivity index (χ0) is 10.4. The van der Waals surface area contributed by atoms with Crippen molar-refractivity contribution in [2.45, 2.75) is 6.92 Å². The smallest absolute Gasteiger partial charge is 0.227 e. The third kappa shape index (κ3) is 2.55. The lowest BCUT2D eigenvalue weighted by Gasteiger charge is -2.15. The highest BCUT2D eigenvalue weighted by molar-refractivity contribution is 5.93. The first-order valence-electron chi connectivity index (χ1n) is 4.22. The maximum atomic E-state index is 11.2. The van der Waals surface area contributed by atoms with E-state index in [9.17, 15) is 9.59 Å². The van der Waals surface area contributed by atoms with Crippen molar-refractivity contribution in [2.24, 2.45) is 0 Å². The lowest BCUT2D eigenvalue weighted by Crippen LogP contribution is -2.21. The largest absolute Gasteiger partial charge is 0.299 e. The van der Waals surface area contributed by atoms with Crippen LogP contribution in [0.5, 0.6) is 0 Å². The number of allylic oxidation sites excluding steroid dienone is 1. The van der Waals surface area contributed by atoms with Crippen molar-refractivity contribution in [1.82, 2.24) is 0 Å². The second kappa shape index (κ2) is 4.97. The van der Waals surface area contributed by atoms with Gasteiger partial charge in [0.25, 0.3) is 0 Å². The Kier molecular flexibility index (Phi) is 3.61. The van der Waals surface area contributed by atoms with E-state index in [1.807, 2.05) is 18.2 Å². The molecule has 14 heavy (non-hydrogen) atoms. The Bertz CT molecular complexity index is 344. The number of para-hydroxylation sites is 1. The molecule has 72 valence electrons. The summed E-state index contributed by atoms with van der Waals surface area (Å²) < 4.78 is 0. The average Bonchev–Trinajstić information content (AvgIpc) is 2.19. The molecule has 1 aromatic rings. The van der Waals surface area contributed by atoms with Gasteiger partial charge in [-0.3, -0.25) is 14.5 Å². The molecule has 1 aromatic carbocycles. The zero-order valence-electron chi connectivity index (χ0n) is 7.88. The molecular formula is C11H11NO2. The van der Waals surface area contributed by atoms with Gasteiger partial charge in [-0.2, -0.15) is 0 Å². The monoisotopic (exact) mass is 189 g/mol. The van der Waals surface area contributed by atoms with Crippen molar-refractivity contribution in [3.63, 3.8) is 0 Å². The first kappa shape index (κ1) is 10.2. The van der Waals surface area contributed by atoms with Crippen LogP contribution in [0.25, 0.3) is 0 Å². The number of carbonyl (C=O) groups excluding carboxylic acids is 2. The minimum atomic E-state index is -0.130. The number of hydrogen-bond donors (Lipinski definition) is 0. The Balaban J connectivity index is 2.94. The number of rotatable bonds is 3. The molecule has 0 bridgehead atoms. The van der Waals surface area contributed by atoms with Gasteiger partial charge in [-0.05, 0) is 18.2 Å². The Morgan fingerprint density at radius 3 is 2.43 bits per heavy atom. The molecule has 1 rings (SSSR count). The summed E-state index contributed by atoms with van der Waals surface area (Å²) in [6.07, 6.45) is 3.37. The maximum Gasteiger partial charge on any atom is 0.227 e. The van der Waals surface area contributed by atoms with Crippen LogP contribution in [-0.4, -0.2) is 12.2 Å². The van der Waals surface area contributed by atoms with Gasteiger partial charge in [0.2, 0.25) is 5.91 Å². The SMILES string of the molecule is CC(=O)N(/C=C/C=O)c1ccccc1. The van der Waals surface area contributed by atoms with E-state index in [0.29, 0.717) is 6.29 Å². The van der Waals surface area contributed by atoms with Crippen molar-refractivity contribution in [2.75, 3.05) is 4.90 Å². The summed E-state index contributed by atoms with van der Waals surface area (Å²) in [5.74, 6) is -0.130. The van der Waals surface area contributed by atoms with E-state index in [0.717, 1.165) is 5.69 Å². The predicted octanol–water partition coefficient (Wildman–Crippen LogP) is 1.75. The molecule has 3 nitrogen and oxygen atoms in total.